The molecule has 0 saturated heterocycles. The van der Waals surface area contributed by atoms with Crippen LogP contribution in [0.4, 0.5) is 0 Å². The molecule has 0 aliphatic heterocycles. The van der Waals surface area contributed by atoms with E-state index in [-0.39, 0.29) is 52.8 Å². The van der Waals surface area contributed by atoms with Crippen LogP contribution in [0.2, 0.25) is 0 Å². The Hall–Kier alpha value is 0.846. The van der Waals surface area contributed by atoms with E-state index in [2.05, 4.69) is 0 Å². The smallest absolute Gasteiger partial charge is 1.00 e. The monoisotopic (exact) mass is 126 g/mol. The molecular formula is C4H7KO2. The van der Waals surface area contributed by atoms with Crippen LogP contribution in [0.5, 0.6) is 0 Å². The Bertz CT molecular complexity index is 82.1. The molecule has 0 aromatic heterocycles. The van der Waals surface area contributed by atoms with E-state index in [4.69, 9.17) is 5.11 Å². The van der Waals surface area contributed by atoms with Crippen molar-refractivity contribution in [2.24, 2.45) is 0 Å². The molecule has 0 heterocycles. The Kier molecular flexibility index (Phi) is 10.5. The van der Waals surface area contributed by atoms with Crippen LogP contribution < -0.4 is 51.4 Å². The van der Waals surface area contributed by atoms with Gasteiger partial charge in [0, 0.05) is 6.08 Å². The topological polar surface area (TPSA) is 37.3 Å². The van der Waals surface area contributed by atoms with Gasteiger partial charge >= 0.3 is 57.4 Å². The first-order chi connectivity index (χ1) is 2.77. The third-order valence-electron chi connectivity index (χ3n) is 0.309. The Morgan fingerprint density at radius 1 is 1.86 bits per heavy atom. The summed E-state index contributed by atoms with van der Waals surface area (Å²) in [4.78, 5) is 9.51. The van der Waals surface area contributed by atoms with E-state index in [9.17, 15) is 4.79 Å². The van der Waals surface area contributed by atoms with Crippen LogP contribution in [-0.4, -0.2) is 11.1 Å². The van der Waals surface area contributed by atoms with Gasteiger partial charge in [0.05, 0.1) is 0 Å². The van der Waals surface area contributed by atoms with Gasteiger partial charge in [-0.3, -0.25) is 0 Å². The van der Waals surface area contributed by atoms with E-state index in [0.29, 0.717) is 0 Å². The van der Waals surface area contributed by atoms with Gasteiger partial charge in [-0.25, -0.2) is 4.79 Å². The second-order valence-electron chi connectivity index (χ2n) is 0.838. The van der Waals surface area contributed by atoms with Crippen LogP contribution in [-0.2, 0) is 4.79 Å². The van der Waals surface area contributed by atoms with Gasteiger partial charge in [-0.2, -0.15) is 0 Å². The maximum absolute atomic E-state index is 9.51. The Labute approximate surface area is 86.5 Å². The number of carbonyl (C=O) groups is 1. The van der Waals surface area contributed by atoms with E-state index in [1.54, 1.807) is 6.92 Å². The first kappa shape index (κ1) is 10.8. The van der Waals surface area contributed by atoms with Crippen LogP contribution in [0, 0.1) is 0 Å². The number of aliphatic carboxylic acids is 1. The van der Waals surface area contributed by atoms with Crippen molar-refractivity contribution >= 4 is 5.97 Å². The van der Waals surface area contributed by atoms with Gasteiger partial charge in [0.25, 0.3) is 0 Å². The van der Waals surface area contributed by atoms with Gasteiger partial charge in [-0.1, -0.05) is 6.08 Å². The Morgan fingerprint density at radius 2 is 2.29 bits per heavy atom. The van der Waals surface area contributed by atoms with E-state index in [1.165, 1.54) is 6.08 Å². The molecule has 3 heteroatoms. The molecule has 0 bridgehead atoms. The average molecular weight is 126 g/mol. The molecular weight excluding hydrogens is 119 g/mol. The molecule has 0 atom stereocenters. The van der Waals surface area contributed by atoms with Crippen molar-refractivity contribution in [1.82, 2.24) is 0 Å². The number of rotatable bonds is 1. The maximum atomic E-state index is 9.51. The van der Waals surface area contributed by atoms with E-state index in [1.807, 2.05) is 0 Å². The summed E-state index contributed by atoms with van der Waals surface area (Å²) in [5.41, 5.74) is 0. The molecule has 0 amide bonds. The van der Waals surface area contributed by atoms with Crippen LogP contribution >= 0.6 is 0 Å². The van der Waals surface area contributed by atoms with Gasteiger partial charge < -0.3 is 6.53 Å². The zero-order valence-corrected chi connectivity index (χ0v) is 7.63. The third kappa shape index (κ3) is 10.9. The van der Waals surface area contributed by atoms with Crippen LogP contribution in [0.25, 0.3) is 0 Å². The molecule has 0 saturated carbocycles. The minimum absolute atomic E-state index is 0. The molecule has 7 heavy (non-hydrogen) atoms. The number of hydrogen-bond donors (Lipinski definition) is 1. The zero-order valence-electron chi connectivity index (χ0n) is 5.51. The molecule has 0 radical (unpaired) electrons. The third-order valence-corrected chi connectivity index (χ3v) is 0.309. The number of carboxylic acids is 1. The summed E-state index contributed by atoms with van der Waals surface area (Å²) in [5, 5.41) is 7.83. The van der Waals surface area contributed by atoms with Gasteiger partial charge in [-0.05, 0) is 6.92 Å². The first-order valence-corrected chi connectivity index (χ1v) is 1.63. The molecule has 0 aliphatic carbocycles. The fourth-order valence-electron chi connectivity index (χ4n) is 0.143. The normalized spacial score (nSPS) is 8.14. The quantitative estimate of drug-likeness (QED) is 0.319. The summed E-state index contributed by atoms with van der Waals surface area (Å²) in [6.07, 6.45) is 2.56. The molecule has 0 unspecified atom stereocenters. The van der Waals surface area contributed by atoms with Crippen LogP contribution in [0.15, 0.2) is 12.2 Å². The van der Waals surface area contributed by atoms with E-state index < -0.39 is 5.97 Å². The average Bonchev–Trinajstić information content (AvgIpc) is 1.35. The Morgan fingerprint density at radius 3 is 2.29 bits per heavy atom. The van der Waals surface area contributed by atoms with Crippen molar-refractivity contribution in [3.05, 3.63) is 12.2 Å². The minimum Gasteiger partial charge on any atom is -1.00 e. The SMILES string of the molecule is CC=CC(=O)O.[H-].[K+]. The van der Waals surface area contributed by atoms with Crippen molar-refractivity contribution in [2.75, 3.05) is 0 Å². The number of hydrogen-bond acceptors (Lipinski definition) is 1. The summed E-state index contributed by atoms with van der Waals surface area (Å²) in [6, 6.07) is 0. The van der Waals surface area contributed by atoms with Gasteiger partial charge in [0.15, 0.2) is 0 Å². The second-order valence-corrected chi connectivity index (χ2v) is 0.838. The molecule has 1 N–H and O–H groups in total. The Balaban J connectivity index is -0.000000125. The summed E-state index contributed by atoms with van der Waals surface area (Å²) in [6.45, 7) is 1.66. The number of allylic oxidation sites excluding steroid dienone is 1. The van der Waals surface area contributed by atoms with Crippen molar-refractivity contribution in [1.29, 1.82) is 0 Å². The molecule has 36 valence electrons. The fraction of sp³-hybridized carbons (Fsp3) is 0.250. The van der Waals surface area contributed by atoms with Crippen molar-refractivity contribution in [2.45, 2.75) is 6.92 Å². The van der Waals surface area contributed by atoms with Gasteiger partial charge in [0.1, 0.15) is 0 Å². The summed E-state index contributed by atoms with van der Waals surface area (Å²) in [7, 11) is 0. The van der Waals surface area contributed by atoms with Crippen molar-refractivity contribution in [3.8, 4) is 0 Å². The van der Waals surface area contributed by atoms with Gasteiger partial charge in [-0.15, -0.1) is 0 Å². The molecule has 0 fully saturated rings. The van der Waals surface area contributed by atoms with E-state index in [0.717, 1.165) is 6.08 Å². The largest absolute Gasteiger partial charge is 1.00 e. The molecule has 2 nitrogen and oxygen atoms in total. The molecule has 0 aliphatic rings. The molecule has 0 spiro atoms. The summed E-state index contributed by atoms with van der Waals surface area (Å²) >= 11 is 0. The van der Waals surface area contributed by atoms with Crippen molar-refractivity contribution in [3.63, 3.8) is 0 Å². The second kappa shape index (κ2) is 6.85. The zero-order chi connectivity index (χ0) is 4.99. The minimum atomic E-state index is -0.891. The molecule has 0 rings (SSSR count). The summed E-state index contributed by atoms with van der Waals surface area (Å²) in [5.74, 6) is -0.891. The molecule has 0 aromatic rings. The van der Waals surface area contributed by atoms with Crippen molar-refractivity contribution < 1.29 is 62.7 Å². The maximum Gasteiger partial charge on any atom is 1.00 e. The van der Waals surface area contributed by atoms with Crippen LogP contribution in [0.1, 0.15) is 8.35 Å². The molecule has 0 aromatic carbocycles. The number of carboxylic acid groups (broad SMARTS) is 1. The van der Waals surface area contributed by atoms with E-state index >= 15 is 0 Å². The first-order valence-electron chi connectivity index (χ1n) is 1.63. The van der Waals surface area contributed by atoms with Gasteiger partial charge in [0.2, 0.25) is 0 Å². The standard InChI is InChI=1S/C4H6O2.K.H/c1-2-3-4(5)6;;/h2-3H,1H3,(H,5,6);;/q;+1;-1. The summed E-state index contributed by atoms with van der Waals surface area (Å²) < 4.78 is 0. The predicted octanol–water partition coefficient (Wildman–Crippen LogP) is -2.24. The van der Waals surface area contributed by atoms with Crippen LogP contribution in [0.3, 0.4) is 0 Å². The predicted molar refractivity (Wildman–Crippen MR) is 23.6 cm³/mol. The fourth-order valence-corrected chi connectivity index (χ4v) is 0.143.